The van der Waals surface area contributed by atoms with Crippen molar-refractivity contribution in [3.63, 3.8) is 0 Å². The van der Waals surface area contributed by atoms with Crippen LogP contribution >= 0.6 is 0 Å². The molecule has 0 radical (unpaired) electrons. The quantitative estimate of drug-likeness (QED) is 0.712. The summed E-state index contributed by atoms with van der Waals surface area (Å²) in [6.45, 7) is 1.45. The van der Waals surface area contributed by atoms with Gasteiger partial charge in [0.15, 0.2) is 0 Å². The molecule has 1 aromatic carbocycles. The number of rotatable bonds is 5. The van der Waals surface area contributed by atoms with Crippen molar-refractivity contribution < 1.29 is 9.59 Å². The Bertz CT molecular complexity index is 1050. The number of likely N-dealkylation sites (tertiary alicyclic amines) is 1. The second kappa shape index (κ2) is 8.86. The molecule has 1 atom stereocenters. The van der Waals surface area contributed by atoms with E-state index in [2.05, 4.69) is 4.98 Å². The van der Waals surface area contributed by atoms with Crippen LogP contribution in [0.3, 0.4) is 0 Å². The fraction of sp³-hybridized carbons (Fsp3) is 0.250. The minimum Gasteiger partial charge on any atom is -0.366 e. The topological polar surface area (TPSA) is 89.2 Å². The largest absolute Gasteiger partial charge is 0.366 e. The molecule has 0 spiro atoms. The molecule has 4 rings (SSSR count). The maximum atomic E-state index is 12.8. The molecule has 1 aliphatic heterocycles. The van der Waals surface area contributed by atoms with E-state index in [1.54, 1.807) is 24.5 Å². The van der Waals surface area contributed by atoms with Gasteiger partial charge in [0.1, 0.15) is 0 Å². The number of primary amides is 1. The van der Waals surface area contributed by atoms with Gasteiger partial charge in [0.25, 0.3) is 0 Å². The summed E-state index contributed by atoms with van der Waals surface area (Å²) < 4.78 is 0. The molecule has 6 nitrogen and oxygen atoms in total. The standard InChI is InChI=1S/C24H24N4O2/c25-24(30)19-5-1-4-18(15-19)21-7-2-8-22(27-21)20-6-3-13-28(16-20)23(29)14-17-9-11-26-12-10-17/h1-2,4-5,7-12,15,20H,3,6,13-14,16H2,(H2,25,30)/t20-/m1/s1. The fourth-order valence-corrected chi connectivity index (χ4v) is 3.90. The normalized spacial score (nSPS) is 16.3. The molecule has 0 saturated carbocycles. The molecule has 1 fully saturated rings. The predicted octanol–water partition coefficient (Wildman–Crippen LogP) is 3.19. The van der Waals surface area contributed by atoms with Gasteiger partial charge in [-0.3, -0.25) is 19.6 Å². The first-order chi connectivity index (χ1) is 14.6. The van der Waals surface area contributed by atoms with Crippen molar-refractivity contribution in [2.45, 2.75) is 25.2 Å². The number of pyridine rings is 2. The number of aromatic nitrogens is 2. The van der Waals surface area contributed by atoms with Crippen molar-refractivity contribution in [1.82, 2.24) is 14.9 Å². The van der Waals surface area contributed by atoms with Crippen LogP contribution < -0.4 is 5.73 Å². The van der Waals surface area contributed by atoms with Gasteiger partial charge in [-0.1, -0.05) is 18.2 Å². The Morgan fingerprint density at radius 3 is 2.67 bits per heavy atom. The van der Waals surface area contributed by atoms with Crippen molar-refractivity contribution in [3.8, 4) is 11.3 Å². The van der Waals surface area contributed by atoms with Crippen molar-refractivity contribution in [3.05, 3.63) is 83.8 Å². The van der Waals surface area contributed by atoms with Crippen molar-refractivity contribution in [2.75, 3.05) is 13.1 Å². The maximum absolute atomic E-state index is 12.8. The first-order valence-corrected chi connectivity index (χ1v) is 10.1. The number of nitrogens with two attached hydrogens (primary N) is 1. The van der Waals surface area contributed by atoms with Crippen molar-refractivity contribution >= 4 is 11.8 Å². The molecule has 2 N–H and O–H groups in total. The highest BCUT2D eigenvalue weighted by molar-refractivity contribution is 5.94. The van der Waals surface area contributed by atoms with Crippen LogP contribution in [-0.4, -0.2) is 39.8 Å². The van der Waals surface area contributed by atoms with Crippen LogP contribution in [0.1, 0.15) is 40.4 Å². The molecule has 0 bridgehead atoms. The second-order valence-corrected chi connectivity index (χ2v) is 7.60. The van der Waals surface area contributed by atoms with E-state index < -0.39 is 5.91 Å². The number of carbonyl (C=O) groups excluding carboxylic acids is 2. The Hall–Kier alpha value is -3.54. The Balaban J connectivity index is 1.50. The molecule has 2 aromatic heterocycles. The number of benzene rings is 1. The van der Waals surface area contributed by atoms with Gasteiger partial charge in [0, 0.05) is 48.2 Å². The van der Waals surface area contributed by atoms with E-state index in [9.17, 15) is 9.59 Å². The number of hydrogen-bond donors (Lipinski definition) is 1. The van der Waals surface area contributed by atoms with Crippen LogP contribution in [0, 0.1) is 0 Å². The molecular formula is C24H24N4O2. The molecule has 3 aromatic rings. The highest BCUT2D eigenvalue weighted by Gasteiger charge is 2.25. The third-order valence-electron chi connectivity index (χ3n) is 5.51. The number of amides is 2. The minimum atomic E-state index is -0.455. The van der Waals surface area contributed by atoms with E-state index in [0.29, 0.717) is 18.5 Å². The van der Waals surface area contributed by atoms with Gasteiger partial charge in [0.05, 0.1) is 12.1 Å². The summed E-state index contributed by atoms with van der Waals surface area (Å²) in [4.78, 5) is 35.1. The molecule has 1 saturated heterocycles. The third kappa shape index (κ3) is 4.54. The lowest BCUT2D eigenvalue weighted by atomic mass is 9.93. The predicted molar refractivity (Wildman–Crippen MR) is 115 cm³/mol. The second-order valence-electron chi connectivity index (χ2n) is 7.60. The first kappa shape index (κ1) is 19.8. The molecule has 6 heteroatoms. The van der Waals surface area contributed by atoms with E-state index in [0.717, 1.165) is 41.9 Å². The number of hydrogen-bond acceptors (Lipinski definition) is 4. The third-order valence-corrected chi connectivity index (χ3v) is 5.51. The summed E-state index contributed by atoms with van der Waals surface area (Å²) in [5, 5.41) is 0. The van der Waals surface area contributed by atoms with E-state index in [1.807, 2.05) is 47.4 Å². The van der Waals surface area contributed by atoms with Crippen LogP contribution in [0.5, 0.6) is 0 Å². The van der Waals surface area contributed by atoms with E-state index >= 15 is 0 Å². The Kier molecular flexibility index (Phi) is 5.84. The zero-order valence-electron chi connectivity index (χ0n) is 16.7. The molecule has 3 heterocycles. The van der Waals surface area contributed by atoms with Crippen LogP contribution in [0.25, 0.3) is 11.3 Å². The molecule has 152 valence electrons. The first-order valence-electron chi connectivity index (χ1n) is 10.1. The Labute approximate surface area is 175 Å². The van der Waals surface area contributed by atoms with Gasteiger partial charge in [-0.05, 0) is 54.8 Å². The highest BCUT2D eigenvalue weighted by Crippen LogP contribution is 2.28. The summed E-state index contributed by atoms with van der Waals surface area (Å²) >= 11 is 0. The lowest BCUT2D eigenvalue weighted by molar-refractivity contribution is -0.131. The molecule has 0 unspecified atom stereocenters. The summed E-state index contributed by atoms with van der Waals surface area (Å²) in [5.41, 5.74) is 9.48. The number of piperidine rings is 1. The average Bonchev–Trinajstić information content (AvgIpc) is 2.80. The van der Waals surface area contributed by atoms with Gasteiger partial charge in [-0.25, -0.2) is 0 Å². The molecule has 2 amide bonds. The molecule has 1 aliphatic rings. The van der Waals surface area contributed by atoms with Crippen LogP contribution in [0.4, 0.5) is 0 Å². The van der Waals surface area contributed by atoms with E-state index in [4.69, 9.17) is 10.7 Å². The van der Waals surface area contributed by atoms with Gasteiger partial charge in [-0.2, -0.15) is 0 Å². The maximum Gasteiger partial charge on any atom is 0.248 e. The molecule has 0 aliphatic carbocycles. The van der Waals surface area contributed by atoms with E-state index in [1.165, 1.54) is 0 Å². The van der Waals surface area contributed by atoms with E-state index in [-0.39, 0.29) is 11.8 Å². The average molecular weight is 400 g/mol. The summed E-state index contributed by atoms with van der Waals surface area (Å²) in [6, 6.07) is 16.9. The number of nitrogens with zero attached hydrogens (tertiary/aromatic N) is 3. The Morgan fingerprint density at radius 1 is 1.07 bits per heavy atom. The minimum absolute atomic E-state index is 0.135. The lowest BCUT2D eigenvalue weighted by Gasteiger charge is -2.32. The summed E-state index contributed by atoms with van der Waals surface area (Å²) in [5.74, 6) is -0.126. The highest BCUT2D eigenvalue weighted by atomic mass is 16.2. The van der Waals surface area contributed by atoms with Gasteiger partial charge < -0.3 is 10.6 Å². The summed E-state index contributed by atoms with van der Waals surface area (Å²) in [7, 11) is 0. The molecular weight excluding hydrogens is 376 g/mol. The van der Waals surface area contributed by atoms with Gasteiger partial charge >= 0.3 is 0 Å². The van der Waals surface area contributed by atoms with Gasteiger partial charge in [-0.15, -0.1) is 0 Å². The fourth-order valence-electron chi connectivity index (χ4n) is 3.90. The SMILES string of the molecule is NC(=O)c1cccc(-c2cccc([C@@H]3CCCN(C(=O)Cc4ccncc4)C3)n2)c1. The van der Waals surface area contributed by atoms with Gasteiger partial charge in [0.2, 0.25) is 11.8 Å². The number of carbonyl (C=O) groups is 2. The summed E-state index contributed by atoms with van der Waals surface area (Å²) in [6.07, 6.45) is 5.77. The monoisotopic (exact) mass is 400 g/mol. The van der Waals surface area contributed by atoms with Crippen LogP contribution in [-0.2, 0) is 11.2 Å². The van der Waals surface area contributed by atoms with Crippen molar-refractivity contribution in [2.24, 2.45) is 5.73 Å². The van der Waals surface area contributed by atoms with Crippen molar-refractivity contribution in [1.29, 1.82) is 0 Å². The van der Waals surface area contributed by atoms with Crippen LogP contribution in [0.2, 0.25) is 0 Å². The van der Waals surface area contributed by atoms with Crippen LogP contribution in [0.15, 0.2) is 67.0 Å². The smallest absolute Gasteiger partial charge is 0.248 e. The molecule has 30 heavy (non-hydrogen) atoms. The Morgan fingerprint density at radius 2 is 1.87 bits per heavy atom. The zero-order valence-corrected chi connectivity index (χ0v) is 16.7. The lowest BCUT2D eigenvalue weighted by Crippen LogP contribution is -2.40. The zero-order chi connectivity index (χ0) is 20.9.